The Hall–Kier alpha value is -2.35. The maximum atomic E-state index is 12.8. The fraction of sp³-hybridized carbons (Fsp3) is 0.333. The summed E-state index contributed by atoms with van der Waals surface area (Å²) in [7, 11) is 0. The first-order valence-corrected chi connectivity index (χ1v) is 10.7. The summed E-state index contributed by atoms with van der Waals surface area (Å²) in [4.78, 5) is 29.8. The maximum Gasteiger partial charge on any atom is 0.339 e. The zero-order valence-electron chi connectivity index (χ0n) is 17.4. The van der Waals surface area contributed by atoms with Crippen LogP contribution in [0, 0.1) is 0 Å². The van der Waals surface area contributed by atoms with Crippen LogP contribution in [0.5, 0.6) is 0 Å². The number of nitrogens with zero attached hydrogens (tertiary/aromatic N) is 3. The number of pyridine rings is 1. The highest BCUT2D eigenvalue weighted by Crippen LogP contribution is 2.33. The molecule has 0 aliphatic heterocycles. The molecule has 2 aromatic heterocycles. The predicted molar refractivity (Wildman–Crippen MR) is 122 cm³/mol. The van der Waals surface area contributed by atoms with Crippen molar-refractivity contribution in [2.24, 2.45) is 0 Å². The molecule has 1 N–H and O–H groups in total. The molecule has 0 atom stereocenters. The van der Waals surface area contributed by atoms with Gasteiger partial charge in [0.25, 0.3) is 5.91 Å². The van der Waals surface area contributed by atoms with Crippen LogP contribution in [-0.4, -0.2) is 33.2 Å². The minimum absolute atomic E-state index is 0.0657. The minimum atomic E-state index is -0.652. The lowest BCUT2D eigenvalue weighted by molar-refractivity contribution is -0.119. The second-order valence-electron chi connectivity index (χ2n) is 7.54. The maximum absolute atomic E-state index is 12.8. The smallest absolute Gasteiger partial charge is 0.339 e. The lowest BCUT2D eigenvalue weighted by atomic mass is 10.1. The van der Waals surface area contributed by atoms with E-state index in [2.05, 4.69) is 15.4 Å². The van der Waals surface area contributed by atoms with Gasteiger partial charge in [-0.3, -0.25) is 4.79 Å². The molecule has 2 heterocycles. The molecule has 164 valence electrons. The number of esters is 1. The van der Waals surface area contributed by atoms with E-state index in [9.17, 15) is 9.59 Å². The first kappa shape index (κ1) is 23.3. The van der Waals surface area contributed by atoms with Gasteiger partial charge in [0.15, 0.2) is 12.3 Å². The standard InChI is InChI=1S/C21H21Cl3N4O3/c1-10(2)17-7-13(14-8-25-28(11(3)4)20(14)26-17)21(30)31-9-18(29)27-19-15(23)5-12(22)6-16(19)24/h5-8,10-11H,9H2,1-4H3,(H,27,29). The third kappa shape index (κ3) is 5.11. The number of hydrogen-bond donors (Lipinski definition) is 1. The quantitative estimate of drug-likeness (QED) is 0.442. The van der Waals surface area contributed by atoms with Crippen molar-refractivity contribution in [2.75, 3.05) is 11.9 Å². The molecular weight excluding hydrogens is 463 g/mol. The molecule has 3 rings (SSSR count). The van der Waals surface area contributed by atoms with E-state index in [1.54, 1.807) is 16.9 Å². The summed E-state index contributed by atoms with van der Waals surface area (Å²) in [5, 5.41) is 8.13. The topological polar surface area (TPSA) is 86.1 Å². The lowest BCUT2D eigenvalue weighted by Gasteiger charge is -2.12. The molecule has 7 nitrogen and oxygen atoms in total. The second kappa shape index (κ2) is 9.42. The molecule has 0 unspecified atom stereocenters. The molecule has 3 aromatic rings. The van der Waals surface area contributed by atoms with Crippen LogP contribution >= 0.6 is 34.8 Å². The number of benzene rings is 1. The van der Waals surface area contributed by atoms with Crippen molar-refractivity contribution in [1.82, 2.24) is 14.8 Å². The third-order valence-electron chi connectivity index (χ3n) is 4.49. The van der Waals surface area contributed by atoms with Gasteiger partial charge in [0.05, 0.1) is 32.9 Å². The van der Waals surface area contributed by atoms with E-state index in [1.807, 2.05) is 27.7 Å². The van der Waals surface area contributed by atoms with E-state index < -0.39 is 18.5 Å². The average Bonchev–Trinajstić information content (AvgIpc) is 3.12. The van der Waals surface area contributed by atoms with E-state index in [4.69, 9.17) is 39.5 Å². The summed E-state index contributed by atoms with van der Waals surface area (Å²) in [6.45, 7) is 7.39. The summed E-state index contributed by atoms with van der Waals surface area (Å²) >= 11 is 18.0. The molecule has 0 aliphatic carbocycles. The molecule has 0 bridgehead atoms. The number of fused-ring (bicyclic) bond motifs is 1. The fourth-order valence-electron chi connectivity index (χ4n) is 2.93. The van der Waals surface area contributed by atoms with Crippen molar-refractivity contribution in [3.63, 3.8) is 0 Å². The highest BCUT2D eigenvalue weighted by atomic mass is 35.5. The van der Waals surface area contributed by atoms with Crippen molar-refractivity contribution in [3.8, 4) is 0 Å². The molecule has 1 aromatic carbocycles. The molecule has 0 fully saturated rings. The molecule has 10 heteroatoms. The predicted octanol–water partition coefficient (Wildman–Crippen LogP) is 5.89. The van der Waals surface area contributed by atoms with Crippen LogP contribution in [0.15, 0.2) is 24.4 Å². The zero-order valence-corrected chi connectivity index (χ0v) is 19.6. The lowest BCUT2D eigenvalue weighted by Crippen LogP contribution is -2.21. The van der Waals surface area contributed by atoms with Crippen molar-refractivity contribution in [3.05, 3.63) is 50.7 Å². The highest BCUT2D eigenvalue weighted by Gasteiger charge is 2.21. The number of amides is 1. The summed E-state index contributed by atoms with van der Waals surface area (Å²) < 4.78 is 7.00. The number of carbonyl (C=O) groups is 2. The van der Waals surface area contributed by atoms with Gasteiger partial charge in [-0.25, -0.2) is 14.5 Å². The molecule has 0 saturated heterocycles. The largest absolute Gasteiger partial charge is 0.452 e. The second-order valence-corrected chi connectivity index (χ2v) is 8.79. The van der Waals surface area contributed by atoms with E-state index >= 15 is 0 Å². The van der Waals surface area contributed by atoms with E-state index in [1.165, 1.54) is 12.1 Å². The van der Waals surface area contributed by atoms with Gasteiger partial charge in [-0.1, -0.05) is 48.7 Å². The Morgan fingerprint density at radius 3 is 2.32 bits per heavy atom. The number of halogens is 3. The van der Waals surface area contributed by atoms with Gasteiger partial charge in [0, 0.05) is 16.8 Å². The van der Waals surface area contributed by atoms with Crippen LogP contribution in [0.25, 0.3) is 11.0 Å². The molecule has 0 saturated carbocycles. The van der Waals surface area contributed by atoms with Crippen LogP contribution in [-0.2, 0) is 9.53 Å². The van der Waals surface area contributed by atoms with Crippen LogP contribution in [0.1, 0.15) is 55.7 Å². The summed E-state index contributed by atoms with van der Waals surface area (Å²) in [6, 6.07) is 4.64. The number of anilines is 1. The van der Waals surface area contributed by atoms with E-state index in [0.29, 0.717) is 21.6 Å². The molecular formula is C21H21Cl3N4O3. The summed E-state index contributed by atoms with van der Waals surface area (Å²) in [5.74, 6) is -1.16. The number of aromatic nitrogens is 3. The van der Waals surface area contributed by atoms with Gasteiger partial charge >= 0.3 is 5.97 Å². The van der Waals surface area contributed by atoms with Crippen LogP contribution in [0.2, 0.25) is 15.1 Å². The van der Waals surface area contributed by atoms with Crippen molar-refractivity contribution in [1.29, 1.82) is 0 Å². The van der Waals surface area contributed by atoms with Gasteiger partial charge in [-0.2, -0.15) is 5.10 Å². The first-order valence-electron chi connectivity index (χ1n) is 9.58. The van der Waals surface area contributed by atoms with Crippen molar-refractivity contribution in [2.45, 2.75) is 39.7 Å². The highest BCUT2D eigenvalue weighted by molar-refractivity contribution is 6.42. The summed E-state index contributed by atoms with van der Waals surface area (Å²) in [6.07, 6.45) is 1.58. The van der Waals surface area contributed by atoms with E-state index in [-0.39, 0.29) is 27.7 Å². The Morgan fingerprint density at radius 1 is 1.10 bits per heavy atom. The number of rotatable bonds is 6. The van der Waals surface area contributed by atoms with Crippen LogP contribution < -0.4 is 5.32 Å². The number of ether oxygens (including phenoxy) is 1. The Labute approximate surface area is 194 Å². The van der Waals surface area contributed by atoms with Gasteiger partial charge in [-0.15, -0.1) is 0 Å². The SMILES string of the molecule is CC(C)c1cc(C(=O)OCC(=O)Nc2c(Cl)cc(Cl)cc2Cl)c2cnn(C(C)C)c2n1. The Morgan fingerprint density at radius 2 is 1.74 bits per heavy atom. The van der Waals surface area contributed by atoms with Gasteiger partial charge in [0.2, 0.25) is 0 Å². The van der Waals surface area contributed by atoms with Crippen LogP contribution in [0.3, 0.4) is 0 Å². The molecule has 31 heavy (non-hydrogen) atoms. The normalized spacial score (nSPS) is 11.4. The molecule has 0 radical (unpaired) electrons. The van der Waals surface area contributed by atoms with Gasteiger partial charge in [-0.05, 0) is 38.0 Å². The third-order valence-corrected chi connectivity index (χ3v) is 5.31. The van der Waals surface area contributed by atoms with Gasteiger partial charge in [0.1, 0.15) is 0 Å². The Balaban J connectivity index is 1.81. The van der Waals surface area contributed by atoms with Crippen molar-refractivity contribution >= 4 is 63.4 Å². The molecule has 0 spiro atoms. The average molecular weight is 484 g/mol. The monoisotopic (exact) mass is 482 g/mol. The fourth-order valence-corrected chi connectivity index (χ4v) is 3.84. The minimum Gasteiger partial charge on any atom is -0.452 e. The molecule has 0 aliphatic rings. The summed E-state index contributed by atoms with van der Waals surface area (Å²) in [5.41, 5.74) is 1.82. The first-order chi connectivity index (χ1) is 14.6. The van der Waals surface area contributed by atoms with Crippen LogP contribution in [0.4, 0.5) is 5.69 Å². The Kier molecular flexibility index (Phi) is 7.09. The van der Waals surface area contributed by atoms with Gasteiger partial charge < -0.3 is 10.1 Å². The van der Waals surface area contributed by atoms with E-state index in [0.717, 1.165) is 5.69 Å². The Bertz CT molecular complexity index is 1140. The molecule has 1 amide bonds. The number of hydrogen-bond acceptors (Lipinski definition) is 5. The number of carbonyl (C=O) groups excluding carboxylic acids is 2. The zero-order chi connectivity index (χ0) is 22.9. The number of nitrogens with one attached hydrogen (secondary N) is 1. The van der Waals surface area contributed by atoms with Crippen molar-refractivity contribution < 1.29 is 14.3 Å².